The standard InChI is InChI=1S/C13H12O.C4H6.C2H7N.4C2H6/c1-3-8-11(4-2)13(14)12-9-6-5-7-10-12;1-3-4-2;1-3-2;4*1-2/h3-10H,1-2H2;3-4H,1-2H2;3H,1-2H3;4*1-2H3/b11-8+;;;;;;. The van der Waals surface area contributed by atoms with Crippen LogP contribution < -0.4 is 5.32 Å². The summed E-state index contributed by atoms with van der Waals surface area (Å²) in [6, 6.07) is 9.11. The van der Waals surface area contributed by atoms with Gasteiger partial charge in [0.05, 0.1) is 0 Å². The van der Waals surface area contributed by atoms with Crippen LogP contribution in [0.2, 0.25) is 0 Å². The van der Waals surface area contributed by atoms with Crippen molar-refractivity contribution in [2.24, 2.45) is 0 Å². The highest BCUT2D eigenvalue weighted by Gasteiger charge is 2.06. The van der Waals surface area contributed by atoms with Crippen molar-refractivity contribution in [2.45, 2.75) is 55.4 Å². The fraction of sp³-hybridized carbons (Fsp3) is 0.370. The molecule has 1 aromatic rings. The molecule has 0 aliphatic rings. The van der Waals surface area contributed by atoms with Crippen LogP contribution in [0, 0.1) is 0 Å². The van der Waals surface area contributed by atoms with E-state index in [0.29, 0.717) is 11.1 Å². The van der Waals surface area contributed by atoms with Crippen LogP contribution in [0.5, 0.6) is 0 Å². The molecule has 0 radical (unpaired) electrons. The van der Waals surface area contributed by atoms with Gasteiger partial charge >= 0.3 is 0 Å². The molecule has 0 aromatic heterocycles. The van der Waals surface area contributed by atoms with Crippen molar-refractivity contribution >= 4 is 5.78 Å². The van der Waals surface area contributed by atoms with E-state index in [1.165, 1.54) is 6.08 Å². The fourth-order valence-electron chi connectivity index (χ4n) is 1.12. The summed E-state index contributed by atoms with van der Waals surface area (Å²) < 4.78 is 0. The maximum atomic E-state index is 11.8. The van der Waals surface area contributed by atoms with E-state index in [4.69, 9.17) is 0 Å². The third-order valence-electron chi connectivity index (χ3n) is 1.98. The smallest absolute Gasteiger partial charge is 0.192 e. The molecule has 0 amide bonds. The minimum atomic E-state index is -0.0273. The van der Waals surface area contributed by atoms with Crippen LogP contribution in [0.4, 0.5) is 0 Å². The summed E-state index contributed by atoms with van der Waals surface area (Å²) in [5, 5.41) is 2.75. The lowest BCUT2D eigenvalue weighted by molar-refractivity contribution is 0.103. The second-order valence-corrected chi connectivity index (χ2v) is 3.73. The average molecular weight is 404 g/mol. The zero-order valence-electron chi connectivity index (χ0n) is 21.0. The van der Waals surface area contributed by atoms with Crippen LogP contribution in [0.1, 0.15) is 65.7 Å². The summed E-state index contributed by atoms with van der Waals surface area (Å²) in [7, 11) is 3.75. The fourth-order valence-corrected chi connectivity index (χ4v) is 1.12. The van der Waals surface area contributed by atoms with E-state index in [9.17, 15) is 4.79 Å². The third kappa shape index (κ3) is 37.1. The Kier molecular flexibility index (Phi) is 70.8. The minimum Gasteiger partial charge on any atom is -0.323 e. The summed E-state index contributed by atoms with van der Waals surface area (Å²) >= 11 is 0. The Balaban J connectivity index is -0.0000000735. The number of ketones is 1. The Morgan fingerprint density at radius 2 is 1.07 bits per heavy atom. The largest absolute Gasteiger partial charge is 0.323 e. The molecule has 0 aliphatic heterocycles. The van der Waals surface area contributed by atoms with Crippen LogP contribution in [0.15, 0.2) is 92.6 Å². The zero-order valence-corrected chi connectivity index (χ0v) is 21.0. The average Bonchev–Trinajstić information content (AvgIpc) is 2.83. The van der Waals surface area contributed by atoms with Gasteiger partial charge in [0.2, 0.25) is 0 Å². The molecule has 0 atom stereocenters. The Morgan fingerprint density at radius 1 is 0.724 bits per heavy atom. The number of carbonyl (C=O) groups is 1. The van der Waals surface area contributed by atoms with Gasteiger partial charge in [-0.1, -0.05) is 142 Å². The number of benzene rings is 1. The number of nitrogens with one attached hydrogen (secondary N) is 1. The Hall–Kier alpha value is -2.45. The normalized spacial score (nSPS) is 7.31. The van der Waals surface area contributed by atoms with E-state index in [0.717, 1.165) is 0 Å². The molecular formula is C27H49NO. The Labute approximate surface area is 183 Å². The maximum Gasteiger partial charge on any atom is 0.192 e. The summed E-state index contributed by atoms with van der Waals surface area (Å²) in [4.78, 5) is 11.8. The van der Waals surface area contributed by atoms with Gasteiger partial charge in [0.25, 0.3) is 0 Å². The van der Waals surface area contributed by atoms with E-state index in [-0.39, 0.29) is 5.78 Å². The molecule has 168 valence electrons. The highest BCUT2D eigenvalue weighted by atomic mass is 16.1. The molecule has 0 fully saturated rings. The third-order valence-corrected chi connectivity index (χ3v) is 1.98. The van der Waals surface area contributed by atoms with Crippen molar-refractivity contribution in [1.82, 2.24) is 5.32 Å². The highest BCUT2D eigenvalue weighted by molar-refractivity contribution is 6.10. The van der Waals surface area contributed by atoms with Gasteiger partial charge in [0, 0.05) is 11.1 Å². The molecule has 2 nitrogen and oxygen atoms in total. The molecule has 0 saturated heterocycles. The topological polar surface area (TPSA) is 29.1 Å². The predicted molar refractivity (Wildman–Crippen MR) is 140 cm³/mol. The lowest BCUT2D eigenvalue weighted by Crippen LogP contribution is -2.00. The van der Waals surface area contributed by atoms with Gasteiger partial charge in [0.1, 0.15) is 0 Å². The van der Waals surface area contributed by atoms with Gasteiger partial charge in [-0.2, -0.15) is 0 Å². The van der Waals surface area contributed by atoms with E-state index in [2.05, 4.69) is 31.6 Å². The summed E-state index contributed by atoms with van der Waals surface area (Å²) in [5.41, 5.74) is 1.23. The first-order valence-electron chi connectivity index (χ1n) is 10.5. The molecule has 2 heteroatoms. The quantitative estimate of drug-likeness (QED) is 0.303. The second kappa shape index (κ2) is 50.0. The molecule has 1 rings (SSSR count). The highest BCUT2D eigenvalue weighted by Crippen LogP contribution is 2.08. The van der Waals surface area contributed by atoms with Gasteiger partial charge in [-0.05, 0) is 14.1 Å². The van der Waals surface area contributed by atoms with Crippen LogP contribution >= 0.6 is 0 Å². The molecular weight excluding hydrogens is 354 g/mol. The second-order valence-electron chi connectivity index (χ2n) is 3.73. The summed E-state index contributed by atoms with van der Waals surface area (Å²) in [5.74, 6) is -0.0273. The lowest BCUT2D eigenvalue weighted by Gasteiger charge is -1.99. The minimum absolute atomic E-state index is 0.0273. The zero-order chi connectivity index (χ0) is 24.5. The molecule has 0 bridgehead atoms. The number of allylic oxidation sites excluding steroid dienone is 6. The molecule has 0 aliphatic carbocycles. The number of hydrogen-bond donors (Lipinski definition) is 1. The van der Waals surface area contributed by atoms with E-state index in [1.807, 2.05) is 87.7 Å². The monoisotopic (exact) mass is 403 g/mol. The summed E-state index contributed by atoms with van der Waals surface area (Å²) in [6.07, 6.45) is 8.05. The van der Waals surface area contributed by atoms with Gasteiger partial charge in [0.15, 0.2) is 5.78 Å². The van der Waals surface area contributed by atoms with Crippen LogP contribution in [-0.4, -0.2) is 19.9 Å². The SMILES string of the molecule is C=C/C=C(\C=C)C(=O)c1ccccc1.C=CC=C.CC.CC.CC.CC.CNC. The van der Waals surface area contributed by atoms with E-state index in [1.54, 1.807) is 36.4 Å². The molecule has 0 spiro atoms. The van der Waals surface area contributed by atoms with Crippen molar-refractivity contribution < 1.29 is 4.79 Å². The first kappa shape index (κ1) is 41.0. The number of rotatable bonds is 5. The lowest BCUT2D eigenvalue weighted by atomic mass is 10.0. The molecule has 0 unspecified atom stereocenters. The first-order chi connectivity index (χ1) is 14.1. The van der Waals surface area contributed by atoms with Gasteiger partial charge < -0.3 is 5.32 Å². The molecule has 29 heavy (non-hydrogen) atoms. The van der Waals surface area contributed by atoms with Crippen molar-refractivity contribution in [3.8, 4) is 0 Å². The Bertz CT molecular complexity index is 465. The Morgan fingerprint density at radius 3 is 1.31 bits per heavy atom. The molecule has 1 N–H and O–H groups in total. The molecule has 0 saturated carbocycles. The number of Topliss-reactive ketones (excluding diaryl/α,β-unsaturated/α-hetero) is 1. The van der Waals surface area contributed by atoms with E-state index < -0.39 is 0 Å². The maximum absolute atomic E-state index is 11.8. The first-order valence-corrected chi connectivity index (χ1v) is 10.5. The predicted octanol–water partition coefficient (Wildman–Crippen LogP) is 8.47. The van der Waals surface area contributed by atoms with Gasteiger partial charge in [-0.3, -0.25) is 4.79 Å². The van der Waals surface area contributed by atoms with Gasteiger partial charge in [-0.15, -0.1) is 0 Å². The van der Waals surface area contributed by atoms with Crippen LogP contribution in [0.25, 0.3) is 0 Å². The summed E-state index contributed by atoms with van der Waals surface area (Å²) in [6.45, 7) is 29.9. The van der Waals surface area contributed by atoms with Crippen molar-refractivity contribution in [1.29, 1.82) is 0 Å². The van der Waals surface area contributed by atoms with Crippen LogP contribution in [-0.2, 0) is 0 Å². The number of hydrogen-bond acceptors (Lipinski definition) is 2. The van der Waals surface area contributed by atoms with Gasteiger partial charge in [-0.25, -0.2) is 0 Å². The van der Waals surface area contributed by atoms with Crippen molar-refractivity contribution in [3.05, 3.63) is 98.2 Å². The van der Waals surface area contributed by atoms with E-state index >= 15 is 0 Å². The van der Waals surface area contributed by atoms with Crippen molar-refractivity contribution in [3.63, 3.8) is 0 Å². The van der Waals surface area contributed by atoms with Crippen LogP contribution in [0.3, 0.4) is 0 Å². The molecule has 0 heterocycles. The van der Waals surface area contributed by atoms with Crippen molar-refractivity contribution in [2.75, 3.05) is 14.1 Å². The molecule has 1 aromatic carbocycles. The number of carbonyl (C=O) groups excluding carboxylic acids is 1.